The summed E-state index contributed by atoms with van der Waals surface area (Å²) in [5, 5.41) is 11.0. The van der Waals surface area contributed by atoms with Crippen LogP contribution >= 0.6 is 0 Å². The van der Waals surface area contributed by atoms with Crippen LogP contribution in [0.2, 0.25) is 0 Å². The Morgan fingerprint density at radius 1 is 1.11 bits per heavy atom. The molecule has 3 rings (SSSR count). The number of benzene rings is 2. The summed E-state index contributed by atoms with van der Waals surface area (Å²) in [6.45, 7) is 0.950. The van der Waals surface area contributed by atoms with Crippen molar-refractivity contribution in [2.24, 2.45) is 0 Å². The normalized spacial score (nSPS) is 13.4. The van der Waals surface area contributed by atoms with Gasteiger partial charge in [-0.2, -0.15) is 0 Å². The van der Waals surface area contributed by atoms with Crippen LogP contribution in [0, 0.1) is 15.9 Å². The van der Waals surface area contributed by atoms with E-state index in [4.69, 9.17) is 4.74 Å². The number of non-ortho nitro benzene ring substituents is 1. The molecule has 0 radical (unpaired) electrons. The van der Waals surface area contributed by atoms with Gasteiger partial charge in [0, 0.05) is 30.8 Å². The number of ketones is 1. The third kappa shape index (κ3) is 4.28. The number of hydrogen-bond acceptors (Lipinski definition) is 6. The number of ether oxygens (including phenoxy) is 1. The molecule has 1 saturated heterocycles. The summed E-state index contributed by atoms with van der Waals surface area (Å²) in [7, 11) is 0. The lowest BCUT2D eigenvalue weighted by molar-refractivity contribution is -0.384. The van der Waals surface area contributed by atoms with Crippen LogP contribution in [0.1, 0.15) is 33.6 Å². The number of rotatable bonds is 6. The van der Waals surface area contributed by atoms with Crippen LogP contribution in [0.4, 0.5) is 15.8 Å². The van der Waals surface area contributed by atoms with Gasteiger partial charge in [-0.25, -0.2) is 9.18 Å². The van der Waals surface area contributed by atoms with Crippen LogP contribution in [0.25, 0.3) is 0 Å². The molecule has 0 aliphatic carbocycles. The summed E-state index contributed by atoms with van der Waals surface area (Å²) in [4.78, 5) is 37.0. The third-order valence-corrected chi connectivity index (χ3v) is 4.36. The number of carbonyl (C=O) groups excluding carboxylic acids is 2. The van der Waals surface area contributed by atoms with Gasteiger partial charge in [-0.1, -0.05) is 0 Å². The fourth-order valence-electron chi connectivity index (χ4n) is 2.96. The molecule has 0 bridgehead atoms. The lowest BCUT2D eigenvalue weighted by Crippen LogP contribution is -2.22. The first-order valence-electron chi connectivity index (χ1n) is 8.45. The number of carbonyl (C=O) groups is 2. The van der Waals surface area contributed by atoms with E-state index in [1.165, 1.54) is 30.3 Å². The molecule has 1 aliphatic heterocycles. The van der Waals surface area contributed by atoms with E-state index in [-0.39, 0.29) is 16.8 Å². The average molecular weight is 372 g/mol. The minimum Gasteiger partial charge on any atom is -0.454 e. The molecule has 0 atom stereocenters. The molecule has 2 aromatic carbocycles. The fourth-order valence-corrected chi connectivity index (χ4v) is 2.96. The van der Waals surface area contributed by atoms with E-state index in [9.17, 15) is 24.1 Å². The summed E-state index contributed by atoms with van der Waals surface area (Å²) in [6, 6.07) is 8.92. The molecule has 8 heteroatoms. The number of nitro groups is 1. The SMILES string of the molecule is O=C(COC(=O)c1cc([N+](=O)[O-])ccc1N1CCCC1)c1ccc(F)cc1. The van der Waals surface area contributed by atoms with Crippen molar-refractivity contribution >= 4 is 23.1 Å². The zero-order valence-electron chi connectivity index (χ0n) is 14.4. The van der Waals surface area contributed by atoms with E-state index in [0.29, 0.717) is 5.69 Å². The molecular weight excluding hydrogens is 355 g/mol. The van der Waals surface area contributed by atoms with E-state index in [0.717, 1.165) is 38.1 Å². The highest BCUT2D eigenvalue weighted by Crippen LogP contribution is 2.29. The van der Waals surface area contributed by atoms with Gasteiger partial charge in [0.25, 0.3) is 5.69 Å². The van der Waals surface area contributed by atoms with Crippen molar-refractivity contribution in [3.8, 4) is 0 Å². The topological polar surface area (TPSA) is 89.8 Å². The Bertz CT molecular complexity index is 876. The Morgan fingerprint density at radius 2 is 1.78 bits per heavy atom. The predicted octanol–water partition coefficient (Wildman–Crippen LogP) is 3.37. The van der Waals surface area contributed by atoms with Crippen molar-refractivity contribution in [2.45, 2.75) is 12.8 Å². The Morgan fingerprint density at radius 3 is 2.41 bits per heavy atom. The number of nitrogens with zero attached hydrogens (tertiary/aromatic N) is 2. The number of nitro benzene ring substituents is 1. The fraction of sp³-hybridized carbons (Fsp3) is 0.263. The van der Waals surface area contributed by atoms with E-state index >= 15 is 0 Å². The average Bonchev–Trinajstić information content (AvgIpc) is 3.20. The maximum absolute atomic E-state index is 12.9. The zero-order valence-corrected chi connectivity index (χ0v) is 14.4. The first-order chi connectivity index (χ1) is 13.0. The van der Waals surface area contributed by atoms with Crippen LogP contribution in [-0.2, 0) is 4.74 Å². The Balaban J connectivity index is 1.77. The highest BCUT2D eigenvalue weighted by Gasteiger charge is 2.24. The minimum atomic E-state index is -0.809. The van der Waals surface area contributed by atoms with Crippen molar-refractivity contribution in [1.29, 1.82) is 0 Å². The number of esters is 1. The van der Waals surface area contributed by atoms with Gasteiger partial charge in [0.2, 0.25) is 0 Å². The van der Waals surface area contributed by atoms with Gasteiger partial charge >= 0.3 is 5.97 Å². The smallest absolute Gasteiger partial charge is 0.340 e. The molecule has 0 saturated carbocycles. The molecule has 1 heterocycles. The van der Waals surface area contributed by atoms with E-state index in [2.05, 4.69) is 0 Å². The van der Waals surface area contributed by atoms with Gasteiger partial charge in [-0.05, 0) is 43.2 Å². The van der Waals surface area contributed by atoms with Crippen LogP contribution in [-0.4, -0.2) is 36.4 Å². The second-order valence-corrected chi connectivity index (χ2v) is 6.16. The van der Waals surface area contributed by atoms with E-state index in [1.807, 2.05) is 4.90 Å². The molecule has 0 spiro atoms. The molecule has 0 unspecified atom stereocenters. The molecule has 1 aliphatic rings. The molecule has 0 N–H and O–H groups in total. The molecular formula is C19H17FN2O5. The number of Topliss-reactive ketones (excluding diaryl/α,β-unsaturated/α-hetero) is 1. The minimum absolute atomic E-state index is 0.0537. The molecule has 27 heavy (non-hydrogen) atoms. The van der Waals surface area contributed by atoms with Gasteiger partial charge in [0.1, 0.15) is 5.82 Å². The van der Waals surface area contributed by atoms with Crippen molar-refractivity contribution in [2.75, 3.05) is 24.6 Å². The number of hydrogen-bond donors (Lipinski definition) is 0. The lowest BCUT2D eigenvalue weighted by Gasteiger charge is -2.20. The molecule has 7 nitrogen and oxygen atoms in total. The van der Waals surface area contributed by atoms with Crippen LogP contribution in [0.15, 0.2) is 42.5 Å². The molecule has 2 aromatic rings. The van der Waals surface area contributed by atoms with Gasteiger partial charge in [0.15, 0.2) is 12.4 Å². The standard InChI is InChI=1S/C19H17FN2O5/c20-14-5-3-13(4-6-14)18(23)12-27-19(24)16-11-15(22(25)26)7-8-17(16)21-9-1-2-10-21/h3-8,11H,1-2,9-10,12H2. The summed E-state index contributed by atoms with van der Waals surface area (Å²) in [5.74, 6) is -1.78. The second-order valence-electron chi connectivity index (χ2n) is 6.16. The molecule has 140 valence electrons. The van der Waals surface area contributed by atoms with E-state index < -0.39 is 29.1 Å². The maximum atomic E-state index is 12.9. The van der Waals surface area contributed by atoms with Crippen molar-refractivity contribution in [1.82, 2.24) is 0 Å². The Kier molecular flexibility index (Phi) is 5.44. The maximum Gasteiger partial charge on any atom is 0.340 e. The highest BCUT2D eigenvalue weighted by molar-refractivity contribution is 6.01. The monoisotopic (exact) mass is 372 g/mol. The molecule has 1 fully saturated rings. The molecule has 0 aromatic heterocycles. The third-order valence-electron chi connectivity index (χ3n) is 4.36. The van der Waals surface area contributed by atoms with Crippen molar-refractivity contribution < 1.29 is 23.6 Å². The number of anilines is 1. The Hall–Kier alpha value is -3.29. The summed E-state index contributed by atoms with van der Waals surface area (Å²) < 4.78 is 18.0. The largest absolute Gasteiger partial charge is 0.454 e. The highest BCUT2D eigenvalue weighted by atomic mass is 19.1. The van der Waals surface area contributed by atoms with Gasteiger partial charge in [-0.3, -0.25) is 14.9 Å². The van der Waals surface area contributed by atoms with Gasteiger partial charge in [-0.15, -0.1) is 0 Å². The molecule has 0 amide bonds. The first-order valence-corrected chi connectivity index (χ1v) is 8.45. The number of halogens is 1. The Labute approximate surface area is 154 Å². The van der Waals surface area contributed by atoms with Crippen molar-refractivity contribution in [3.63, 3.8) is 0 Å². The zero-order chi connectivity index (χ0) is 19.4. The van der Waals surface area contributed by atoms with Crippen LogP contribution in [0.5, 0.6) is 0 Å². The summed E-state index contributed by atoms with van der Waals surface area (Å²) >= 11 is 0. The van der Waals surface area contributed by atoms with E-state index in [1.54, 1.807) is 0 Å². The summed E-state index contributed by atoms with van der Waals surface area (Å²) in [6.07, 6.45) is 1.93. The lowest BCUT2D eigenvalue weighted by atomic mass is 10.1. The first kappa shape index (κ1) is 18.5. The van der Waals surface area contributed by atoms with Gasteiger partial charge < -0.3 is 9.64 Å². The van der Waals surface area contributed by atoms with Crippen LogP contribution < -0.4 is 4.90 Å². The predicted molar refractivity (Wildman–Crippen MR) is 95.6 cm³/mol. The quantitative estimate of drug-likeness (QED) is 0.334. The second kappa shape index (κ2) is 7.94. The van der Waals surface area contributed by atoms with Crippen LogP contribution in [0.3, 0.4) is 0 Å². The van der Waals surface area contributed by atoms with Crippen molar-refractivity contribution in [3.05, 3.63) is 69.5 Å². The van der Waals surface area contributed by atoms with Gasteiger partial charge in [0.05, 0.1) is 16.2 Å². The summed E-state index contributed by atoms with van der Waals surface area (Å²) in [5.41, 5.74) is 0.591.